The number of hydrogen-bond acceptors (Lipinski definition) is 4. The van der Waals surface area contributed by atoms with Crippen LogP contribution in [0.1, 0.15) is 13.8 Å². The Hall–Kier alpha value is -1.91. The Bertz CT molecular complexity index is 416. The zero-order valence-electron chi connectivity index (χ0n) is 10.4. The molecule has 94 valence electrons. The normalized spacial score (nSPS) is 11.0. The van der Waals surface area contributed by atoms with E-state index in [1.807, 2.05) is 6.07 Å². The molecule has 5 heteroatoms. The number of nitrogens with two attached hydrogens (primary N) is 2. The van der Waals surface area contributed by atoms with Gasteiger partial charge in [-0.15, -0.1) is 0 Å². The molecule has 17 heavy (non-hydrogen) atoms. The molecule has 5 N–H and O–H groups in total. The van der Waals surface area contributed by atoms with Gasteiger partial charge in [0.25, 0.3) is 0 Å². The van der Waals surface area contributed by atoms with Gasteiger partial charge in [0.05, 0.1) is 18.2 Å². The standard InChI is InChI=1S/C12H19N3O2/c1-12(2,11(14)16)7-15-8-4-5-9(13)10(6-8)17-3/h4-6,15H,7,13H2,1-3H3,(H2,14,16). The first kappa shape index (κ1) is 13.2. The molecule has 0 heterocycles. The molecule has 0 aliphatic rings. The van der Waals surface area contributed by atoms with Gasteiger partial charge in [-0.25, -0.2) is 0 Å². The van der Waals surface area contributed by atoms with Crippen molar-refractivity contribution in [3.63, 3.8) is 0 Å². The fraction of sp³-hybridized carbons (Fsp3) is 0.417. The number of amides is 1. The summed E-state index contributed by atoms with van der Waals surface area (Å²) in [6.07, 6.45) is 0. The van der Waals surface area contributed by atoms with E-state index in [9.17, 15) is 4.79 Å². The van der Waals surface area contributed by atoms with Gasteiger partial charge in [0, 0.05) is 18.3 Å². The zero-order valence-corrected chi connectivity index (χ0v) is 10.4. The summed E-state index contributed by atoms with van der Waals surface area (Å²) in [4.78, 5) is 11.2. The van der Waals surface area contributed by atoms with Gasteiger partial charge in [0.15, 0.2) is 0 Å². The highest BCUT2D eigenvalue weighted by Crippen LogP contribution is 2.25. The van der Waals surface area contributed by atoms with Gasteiger partial charge in [0.2, 0.25) is 5.91 Å². The molecule has 0 saturated carbocycles. The predicted octanol–water partition coefficient (Wildman–Crippen LogP) is 1.20. The molecule has 0 aliphatic carbocycles. The minimum absolute atomic E-state index is 0.340. The van der Waals surface area contributed by atoms with Gasteiger partial charge < -0.3 is 21.5 Å². The lowest BCUT2D eigenvalue weighted by atomic mass is 9.92. The number of carbonyl (C=O) groups excluding carboxylic acids is 1. The van der Waals surface area contributed by atoms with Crippen LogP contribution < -0.4 is 21.5 Å². The molecule has 0 aliphatic heterocycles. The third-order valence-electron chi connectivity index (χ3n) is 2.63. The Morgan fingerprint density at radius 3 is 2.65 bits per heavy atom. The number of nitrogen functional groups attached to an aromatic ring is 1. The summed E-state index contributed by atoms with van der Waals surface area (Å²) in [6, 6.07) is 5.36. The predicted molar refractivity (Wildman–Crippen MR) is 68.9 cm³/mol. The fourth-order valence-electron chi connectivity index (χ4n) is 1.23. The van der Waals surface area contributed by atoms with Crippen LogP contribution in [0.4, 0.5) is 11.4 Å². The summed E-state index contributed by atoms with van der Waals surface area (Å²) < 4.78 is 5.11. The van der Waals surface area contributed by atoms with Gasteiger partial charge in [-0.05, 0) is 26.0 Å². The van der Waals surface area contributed by atoms with Crippen molar-refractivity contribution in [3.05, 3.63) is 18.2 Å². The number of benzene rings is 1. The monoisotopic (exact) mass is 237 g/mol. The Labute approximate surface area is 101 Å². The number of anilines is 2. The first-order valence-electron chi connectivity index (χ1n) is 5.34. The topological polar surface area (TPSA) is 90.4 Å². The van der Waals surface area contributed by atoms with Crippen LogP contribution in [0.25, 0.3) is 0 Å². The number of ether oxygens (including phenoxy) is 1. The Morgan fingerprint density at radius 2 is 2.12 bits per heavy atom. The zero-order chi connectivity index (χ0) is 13.1. The lowest BCUT2D eigenvalue weighted by Gasteiger charge is -2.21. The molecular weight excluding hydrogens is 218 g/mol. The molecule has 0 fully saturated rings. The molecule has 0 saturated heterocycles. The second-order valence-electron chi connectivity index (χ2n) is 4.56. The largest absolute Gasteiger partial charge is 0.495 e. The highest BCUT2D eigenvalue weighted by Gasteiger charge is 2.24. The van der Waals surface area contributed by atoms with Crippen molar-refractivity contribution in [2.24, 2.45) is 11.1 Å². The molecule has 0 aromatic heterocycles. The Kier molecular flexibility index (Phi) is 3.83. The molecule has 0 spiro atoms. The van der Waals surface area contributed by atoms with E-state index in [-0.39, 0.29) is 5.91 Å². The number of carbonyl (C=O) groups is 1. The van der Waals surface area contributed by atoms with E-state index in [1.54, 1.807) is 33.1 Å². The molecule has 0 atom stereocenters. The van der Waals surface area contributed by atoms with E-state index in [4.69, 9.17) is 16.2 Å². The summed E-state index contributed by atoms with van der Waals surface area (Å²) in [5.41, 5.74) is 11.8. The third kappa shape index (κ3) is 3.27. The number of nitrogens with one attached hydrogen (secondary N) is 1. The number of rotatable bonds is 5. The van der Waals surface area contributed by atoms with Gasteiger partial charge in [-0.1, -0.05) is 0 Å². The van der Waals surface area contributed by atoms with Crippen LogP contribution in [0.2, 0.25) is 0 Å². The van der Waals surface area contributed by atoms with Gasteiger partial charge >= 0.3 is 0 Å². The molecule has 0 radical (unpaired) electrons. The van der Waals surface area contributed by atoms with Gasteiger partial charge in [0.1, 0.15) is 5.75 Å². The SMILES string of the molecule is COc1cc(NCC(C)(C)C(N)=O)ccc1N. The van der Waals surface area contributed by atoms with E-state index in [0.29, 0.717) is 18.0 Å². The van der Waals surface area contributed by atoms with Crippen molar-refractivity contribution in [1.29, 1.82) is 0 Å². The average Bonchev–Trinajstić information content (AvgIpc) is 2.28. The lowest BCUT2D eigenvalue weighted by Crippen LogP contribution is -2.37. The molecule has 0 bridgehead atoms. The molecule has 1 aromatic rings. The van der Waals surface area contributed by atoms with Crippen LogP contribution in [0.5, 0.6) is 5.75 Å². The maximum Gasteiger partial charge on any atom is 0.224 e. The van der Waals surface area contributed by atoms with Crippen LogP contribution in [0, 0.1) is 5.41 Å². The van der Waals surface area contributed by atoms with Crippen molar-refractivity contribution in [3.8, 4) is 5.75 Å². The summed E-state index contributed by atoms with van der Waals surface area (Å²) in [5.74, 6) is 0.263. The van der Waals surface area contributed by atoms with Crippen molar-refractivity contribution in [2.75, 3.05) is 24.7 Å². The first-order chi connectivity index (χ1) is 7.86. The molecule has 0 unspecified atom stereocenters. The molecule has 1 aromatic carbocycles. The van der Waals surface area contributed by atoms with Gasteiger partial charge in [-0.3, -0.25) is 4.79 Å². The number of hydrogen-bond donors (Lipinski definition) is 3. The highest BCUT2D eigenvalue weighted by atomic mass is 16.5. The quantitative estimate of drug-likeness (QED) is 0.671. The molecule has 1 amide bonds. The number of primary amides is 1. The second-order valence-corrected chi connectivity index (χ2v) is 4.56. The highest BCUT2D eigenvalue weighted by molar-refractivity contribution is 5.80. The minimum atomic E-state index is -0.603. The summed E-state index contributed by atoms with van der Waals surface area (Å²) >= 11 is 0. The van der Waals surface area contributed by atoms with Crippen LogP contribution >= 0.6 is 0 Å². The van der Waals surface area contributed by atoms with E-state index >= 15 is 0 Å². The minimum Gasteiger partial charge on any atom is -0.495 e. The average molecular weight is 237 g/mol. The maximum atomic E-state index is 11.2. The Morgan fingerprint density at radius 1 is 1.47 bits per heavy atom. The van der Waals surface area contributed by atoms with E-state index in [2.05, 4.69) is 5.32 Å². The Balaban J connectivity index is 2.73. The first-order valence-corrected chi connectivity index (χ1v) is 5.34. The summed E-state index contributed by atoms with van der Waals surface area (Å²) in [6.45, 7) is 4.03. The van der Waals surface area contributed by atoms with Crippen molar-refractivity contribution < 1.29 is 9.53 Å². The molecule has 1 rings (SSSR count). The summed E-state index contributed by atoms with van der Waals surface area (Å²) in [7, 11) is 1.56. The van der Waals surface area contributed by atoms with Crippen molar-refractivity contribution in [2.45, 2.75) is 13.8 Å². The van der Waals surface area contributed by atoms with E-state index in [1.165, 1.54) is 0 Å². The molecule has 5 nitrogen and oxygen atoms in total. The lowest BCUT2D eigenvalue weighted by molar-refractivity contribution is -0.125. The number of methoxy groups -OCH3 is 1. The maximum absolute atomic E-state index is 11.2. The molecular formula is C12H19N3O2. The van der Waals surface area contributed by atoms with E-state index < -0.39 is 5.41 Å². The van der Waals surface area contributed by atoms with Crippen LogP contribution in [-0.4, -0.2) is 19.6 Å². The van der Waals surface area contributed by atoms with Crippen LogP contribution in [-0.2, 0) is 4.79 Å². The van der Waals surface area contributed by atoms with Crippen molar-refractivity contribution >= 4 is 17.3 Å². The van der Waals surface area contributed by atoms with E-state index in [0.717, 1.165) is 5.69 Å². The smallest absolute Gasteiger partial charge is 0.224 e. The third-order valence-corrected chi connectivity index (χ3v) is 2.63. The second kappa shape index (κ2) is 4.95. The fourth-order valence-corrected chi connectivity index (χ4v) is 1.23. The van der Waals surface area contributed by atoms with Crippen LogP contribution in [0.3, 0.4) is 0 Å². The summed E-state index contributed by atoms with van der Waals surface area (Å²) in [5, 5.41) is 3.13. The van der Waals surface area contributed by atoms with Gasteiger partial charge in [-0.2, -0.15) is 0 Å². The van der Waals surface area contributed by atoms with Crippen LogP contribution in [0.15, 0.2) is 18.2 Å². The van der Waals surface area contributed by atoms with Crippen molar-refractivity contribution in [1.82, 2.24) is 0 Å².